The second-order valence-corrected chi connectivity index (χ2v) is 3.84. The molecular weight excluding hydrogens is 206 g/mol. The number of anilines is 2. The van der Waals surface area contributed by atoms with Crippen molar-refractivity contribution in [1.82, 2.24) is 15.2 Å². The molecule has 14 heavy (non-hydrogen) atoms. The van der Waals surface area contributed by atoms with Crippen molar-refractivity contribution in [3.63, 3.8) is 0 Å². The molecule has 0 bridgehead atoms. The summed E-state index contributed by atoms with van der Waals surface area (Å²) >= 11 is 5.55. The largest absolute Gasteiger partial charge is 0.394 e. The number of nitrogen functional groups attached to an aromatic ring is 1. The molecule has 0 saturated heterocycles. The van der Waals surface area contributed by atoms with Crippen molar-refractivity contribution in [3.8, 4) is 0 Å². The van der Waals surface area contributed by atoms with Gasteiger partial charge in [0.25, 0.3) is 0 Å². The molecule has 0 aliphatic carbocycles. The van der Waals surface area contributed by atoms with Crippen molar-refractivity contribution >= 4 is 23.4 Å². The minimum Gasteiger partial charge on any atom is -0.394 e. The van der Waals surface area contributed by atoms with Gasteiger partial charge in [-0.15, -0.1) is 10.2 Å². The van der Waals surface area contributed by atoms with Gasteiger partial charge in [-0.1, -0.05) is 11.6 Å². The minimum atomic E-state index is -0.526. The van der Waals surface area contributed by atoms with E-state index in [0.29, 0.717) is 0 Å². The number of aromatic nitrogens is 3. The molecule has 1 aromatic rings. The highest BCUT2D eigenvalue weighted by atomic mass is 35.5. The smallest absolute Gasteiger partial charge is 0.245 e. The fraction of sp³-hybridized carbons (Fsp3) is 0.571. The highest BCUT2D eigenvalue weighted by Crippen LogP contribution is 2.14. The third-order valence-electron chi connectivity index (χ3n) is 1.52. The van der Waals surface area contributed by atoms with Crippen LogP contribution in [0.4, 0.5) is 11.8 Å². The zero-order chi connectivity index (χ0) is 10.8. The van der Waals surface area contributed by atoms with Gasteiger partial charge in [0.15, 0.2) is 11.0 Å². The van der Waals surface area contributed by atoms with Gasteiger partial charge >= 0.3 is 0 Å². The number of aliphatic hydroxyl groups is 1. The number of nitrogens with one attached hydrogen (secondary N) is 1. The summed E-state index contributed by atoms with van der Waals surface area (Å²) in [6.45, 7) is 3.53. The molecule has 6 nitrogen and oxygen atoms in total. The SMILES string of the molecule is CC(C)(CO)Nc1nnc(Cl)c(N)n1. The van der Waals surface area contributed by atoms with E-state index >= 15 is 0 Å². The Morgan fingerprint density at radius 2 is 2.14 bits per heavy atom. The van der Waals surface area contributed by atoms with Crippen LogP contribution in [0.5, 0.6) is 0 Å². The molecule has 1 aromatic heterocycles. The van der Waals surface area contributed by atoms with E-state index < -0.39 is 5.54 Å². The molecule has 0 unspecified atom stereocenters. The van der Waals surface area contributed by atoms with Crippen LogP contribution in [0.2, 0.25) is 5.15 Å². The lowest BCUT2D eigenvalue weighted by atomic mass is 10.1. The molecule has 0 spiro atoms. The Bertz CT molecular complexity index is 330. The molecule has 1 heterocycles. The third-order valence-corrected chi connectivity index (χ3v) is 1.78. The van der Waals surface area contributed by atoms with E-state index in [0.717, 1.165) is 0 Å². The van der Waals surface area contributed by atoms with Gasteiger partial charge in [-0.3, -0.25) is 0 Å². The molecular formula is C7H12ClN5O. The lowest BCUT2D eigenvalue weighted by Crippen LogP contribution is -2.35. The first-order chi connectivity index (χ1) is 6.44. The van der Waals surface area contributed by atoms with Crippen LogP contribution in [0.25, 0.3) is 0 Å². The zero-order valence-corrected chi connectivity index (χ0v) is 8.71. The second-order valence-electron chi connectivity index (χ2n) is 3.48. The van der Waals surface area contributed by atoms with Gasteiger partial charge < -0.3 is 16.2 Å². The second kappa shape index (κ2) is 3.93. The summed E-state index contributed by atoms with van der Waals surface area (Å²) < 4.78 is 0. The number of nitrogens with zero attached hydrogens (tertiary/aromatic N) is 3. The molecule has 78 valence electrons. The van der Waals surface area contributed by atoms with Crippen molar-refractivity contribution in [2.24, 2.45) is 0 Å². The van der Waals surface area contributed by atoms with Crippen molar-refractivity contribution in [2.45, 2.75) is 19.4 Å². The Morgan fingerprint density at radius 3 is 2.64 bits per heavy atom. The normalized spacial score (nSPS) is 11.4. The molecule has 0 fully saturated rings. The summed E-state index contributed by atoms with van der Waals surface area (Å²) in [5.74, 6) is 0.351. The fourth-order valence-electron chi connectivity index (χ4n) is 0.720. The van der Waals surface area contributed by atoms with E-state index in [-0.39, 0.29) is 23.5 Å². The summed E-state index contributed by atoms with van der Waals surface area (Å²) in [4.78, 5) is 3.86. The highest BCUT2D eigenvalue weighted by Gasteiger charge is 2.17. The van der Waals surface area contributed by atoms with Gasteiger partial charge in [0.1, 0.15) is 0 Å². The van der Waals surface area contributed by atoms with Crippen LogP contribution >= 0.6 is 11.6 Å². The molecule has 0 aliphatic rings. The summed E-state index contributed by atoms with van der Waals surface area (Å²) in [6, 6.07) is 0. The van der Waals surface area contributed by atoms with Crippen LogP contribution in [0.3, 0.4) is 0 Å². The predicted molar refractivity (Wildman–Crippen MR) is 54.0 cm³/mol. The van der Waals surface area contributed by atoms with E-state index in [2.05, 4.69) is 20.5 Å². The van der Waals surface area contributed by atoms with E-state index in [1.807, 2.05) is 0 Å². The summed E-state index contributed by atoms with van der Waals surface area (Å²) in [5, 5.41) is 19.2. The maximum Gasteiger partial charge on any atom is 0.245 e. The standard InChI is InChI=1S/C7H12ClN5O/c1-7(2,3-14)11-6-10-5(9)4(8)12-13-6/h14H,3H2,1-2H3,(H3,9,10,11,13). The van der Waals surface area contributed by atoms with E-state index in [4.69, 9.17) is 22.4 Å². The van der Waals surface area contributed by atoms with Gasteiger partial charge in [0.2, 0.25) is 5.95 Å². The molecule has 0 atom stereocenters. The quantitative estimate of drug-likeness (QED) is 0.674. The monoisotopic (exact) mass is 217 g/mol. The highest BCUT2D eigenvalue weighted by molar-refractivity contribution is 6.31. The number of halogens is 1. The average Bonchev–Trinajstić information content (AvgIpc) is 2.11. The number of aliphatic hydroxyl groups excluding tert-OH is 1. The predicted octanol–water partition coefficient (Wildman–Crippen LogP) is 0.290. The molecule has 4 N–H and O–H groups in total. The molecule has 0 aliphatic heterocycles. The van der Waals surface area contributed by atoms with E-state index in [1.54, 1.807) is 13.8 Å². The van der Waals surface area contributed by atoms with Crippen LogP contribution in [-0.2, 0) is 0 Å². The van der Waals surface area contributed by atoms with Gasteiger partial charge in [0.05, 0.1) is 12.1 Å². The Balaban J connectivity index is 2.83. The van der Waals surface area contributed by atoms with Crippen molar-refractivity contribution in [1.29, 1.82) is 0 Å². The lowest BCUT2D eigenvalue weighted by Gasteiger charge is -2.22. The topological polar surface area (TPSA) is 97.0 Å². The summed E-state index contributed by atoms with van der Waals surface area (Å²) in [6.07, 6.45) is 0. The third kappa shape index (κ3) is 2.68. The fourth-order valence-corrected chi connectivity index (χ4v) is 0.800. The number of nitrogens with two attached hydrogens (primary N) is 1. The van der Waals surface area contributed by atoms with E-state index in [1.165, 1.54) is 0 Å². The number of hydrogen-bond acceptors (Lipinski definition) is 6. The van der Waals surface area contributed by atoms with E-state index in [9.17, 15) is 0 Å². The van der Waals surface area contributed by atoms with Crippen molar-refractivity contribution in [3.05, 3.63) is 5.15 Å². The van der Waals surface area contributed by atoms with Gasteiger partial charge in [-0.25, -0.2) is 0 Å². The average molecular weight is 218 g/mol. The molecule has 0 amide bonds. The van der Waals surface area contributed by atoms with Crippen LogP contribution in [0, 0.1) is 0 Å². The zero-order valence-electron chi connectivity index (χ0n) is 7.95. The van der Waals surface area contributed by atoms with Crippen LogP contribution in [-0.4, -0.2) is 32.4 Å². The van der Waals surface area contributed by atoms with Crippen LogP contribution < -0.4 is 11.1 Å². The maximum atomic E-state index is 8.98. The van der Waals surface area contributed by atoms with Gasteiger partial charge in [0, 0.05) is 0 Å². The minimum absolute atomic E-state index is 0.0567. The Labute approximate surface area is 86.5 Å². The Morgan fingerprint density at radius 1 is 1.50 bits per heavy atom. The lowest BCUT2D eigenvalue weighted by molar-refractivity contribution is 0.233. The van der Waals surface area contributed by atoms with Gasteiger partial charge in [-0.2, -0.15) is 4.98 Å². The van der Waals surface area contributed by atoms with Crippen LogP contribution in [0.1, 0.15) is 13.8 Å². The first kappa shape index (κ1) is 10.9. The van der Waals surface area contributed by atoms with Crippen LogP contribution in [0.15, 0.2) is 0 Å². The Hall–Kier alpha value is -1.14. The molecule has 1 rings (SSSR count). The maximum absolute atomic E-state index is 8.98. The first-order valence-corrected chi connectivity index (χ1v) is 4.37. The summed E-state index contributed by atoms with van der Waals surface area (Å²) in [5.41, 5.74) is 4.91. The summed E-state index contributed by atoms with van der Waals surface area (Å²) in [7, 11) is 0. The molecule has 7 heteroatoms. The molecule has 0 saturated carbocycles. The number of rotatable bonds is 3. The molecule has 0 radical (unpaired) electrons. The first-order valence-electron chi connectivity index (χ1n) is 3.99. The Kier molecular flexibility index (Phi) is 3.07. The van der Waals surface area contributed by atoms with Crippen molar-refractivity contribution < 1.29 is 5.11 Å². The molecule has 0 aromatic carbocycles. The van der Waals surface area contributed by atoms with Gasteiger partial charge in [-0.05, 0) is 13.8 Å². The number of hydrogen-bond donors (Lipinski definition) is 3. The van der Waals surface area contributed by atoms with Crippen molar-refractivity contribution in [2.75, 3.05) is 17.7 Å².